The van der Waals surface area contributed by atoms with Gasteiger partial charge in [-0.2, -0.15) is 0 Å². The summed E-state index contributed by atoms with van der Waals surface area (Å²) in [7, 11) is -1.72. The Kier molecular flexibility index (Phi) is 7.00. The lowest BCUT2D eigenvalue weighted by atomic mass is 9.83. The Labute approximate surface area is 198 Å². The number of nitrogens with zero attached hydrogens (tertiary/aromatic N) is 1. The van der Waals surface area contributed by atoms with Crippen molar-refractivity contribution in [1.29, 1.82) is 0 Å². The molecule has 0 fully saturated rings. The molecule has 0 aliphatic heterocycles. The molecule has 3 rings (SSSR count). The fraction of sp³-hybridized carbons (Fsp3) is 0.250. The number of hydrogen-bond acceptors (Lipinski definition) is 5. The maximum atomic E-state index is 12.5. The molecule has 3 aromatic rings. The molecule has 9 heteroatoms. The zero-order valence-corrected chi connectivity index (χ0v) is 20.6. The first-order valence-corrected chi connectivity index (χ1v) is 12.4. The molecular weight excluding hydrogens is 462 g/mol. The molecule has 33 heavy (non-hydrogen) atoms. The van der Waals surface area contributed by atoms with Crippen LogP contribution in [0.3, 0.4) is 0 Å². The van der Waals surface area contributed by atoms with E-state index in [4.69, 9.17) is 16.3 Å². The van der Waals surface area contributed by atoms with E-state index in [1.807, 2.05) is 24.3 Å². The molecule has 0 unspecified atom stereocenters. The van der Waals surface area contributed by atoms with Gasteiger partial charge in [0, 0.05) is 23.0 Å². The molecule has 0 aliphatic carbocycles. The van der Waals surface area contributed by atoms with E-state index in [9.17, 15) is 13.2 Å². The summed E-state index contributed by atoms with van der Waals surface area (Å²) >= 11 is 5.82. The molecule has 0 radical (unpaired) electrons. The lowest BCUT2D eigenvalue weighted by molar-refractivity contribution is 0.397. The van der Waals surface area contributed by atoms with Crippen LogP contribution >= 0.6 is 11.6 Å². The van der Waals surface area contributed by atoms with Crippen molar-refractivity contribution in [2.24, 2.45) is 0 Å². The average Bonchev–Trinajstić information content (AvgIpc) is 2.71. The first-order chi connectivity index (χ1) is 15.4. The summed E-state index contributed by atoms with van der Waals surface area (Å²) in [4.78, 5) is 19.0. The molecule has 0 amide bonds. The summed E-state index contributed by atoms with van der Waals surface area (Å²) in [5.41, 5.74) is 3.58. The van der Waals surface area contributed by atoms with Crippen molar-refractivity contribution in [2.75, 3.05) is 18.1 Å². The number of H-pyrrole nitrogens is 1. The average molecular weight is 488 g/mol. The minimum absolute atomic E-state index is 0.0298. The number of aromatic nitrogens is 2. The van der Waals surface area contributed by atoms with Crippen LogP contribution in [0.1, 0.15) is 37.5 Å². The van der Waals surface area contributed by atoms with Gasteiger partial charge in [-0.05, 0) is 52.4 Å². The third-order valence-electron chi connectivity index (χ3n) is 4.88. The quantitative estimate of drug-likeness (QED) is 0.379. The van der Waals surface area contributed by atoms with Crippen molar-refractivity contribution < 1.29 is 13.2 Å². The van der Waals surface area contributed by atoms with Crippen molar-refractivity contribution >= 4 is 39.5 Å². The number of benzene rings is 2. The number of sulfonamides is 1. The highest BCUT2D eigenvalue weighted by Gasteiger charge is 2.23. The molecule has 0 saturated heterocycles. The normalized spacial score (nSPS) is 12.2. The first-order valence-electron chi connectivity index (χ1n) is 10.1. The van der Waals surface area contributed by atoms with Crippen LogP contribution in [0.5, 0.6) is 5.75 Å². The van der Waals surface area contributed by atoms with Crippen molar-refractivity contribution in [3.63, 3.8) is 0 Å². The largest absolute Gasteiger partial charge is 0.496 e. The highest BCUT2D eigenvalue weighted by molar-refractivity contribution is 7.92. The summed E-state index contributed by atoms with van der Waals surface area (Å²) in [6, 6.07) is 10.8. The van der Waals surface area contributed by atoms with E-state index in [0.29, 0.717) is 22.6 Å². The second-order valence-electron chi connectivity index (χ2n) is 8.64. The maximum Gasteiger partial charge on any atom is 0.259 e. The molecule has 0 atom stereocenters. The van der Waals surface area contributed by atoms with Gasteiger partial charge in [0.1, 0.15) is 5.75 Å². The Balaban J connectivity index is 2.09. The second kappa shape index (κ2) is 9.41. The number of aromatic amines is 1. The number of anilines is 1. The highest BCUT2D eigenvalue weighted by Crippen LogP contribution is 2.38. The van der Waals surface area contributed by atoms with E-state index < -0.39 is 10.0 Å². The summed E-state index contributed by atoms with van der Waals surface area (Å²) in [5, 5.41) is 0.0298. The topological polar surface area (TPSA) is 101 Å². The molecule has 0 saturated carbocycles. The first kappa shape index (κ1) is 24.5. The number of nitrogens with one attached hydrogen (secondary N) is 2. The Bertz CT molecular complexity index is 1360. The van der Waals surface area contributed by atoms with Gasteiger partial charge in [0.15, 0.2) is 0 Å². The third kappa shape index (κ3) is 6.24. The van der Waals surface area contributed by atoms with Gasteiger partial charge in [-0.1, -0.05) is 45.1 Å². The molecule has 2 aromatic carbocycles. The SMILES string of the molecule is COc1c(C=Cc2ccc(NS(C)(=O)=O)cc2)cc(-c2cnc(Cl)[nH]c2=O)cc1C(C)(C)C. The molecule has 0 spiro atoms. The van der Waals surface area contributed by atoms with Gasteiger partial charge < -0.3 is 4.74 Å². The number of hydrogen-bond donors (Lipinski definition) is 2. The van der Waals surface area contributed by atoms with Crippen molar-refractivity contribution in [1.82, 2.24) is 9.97 Å². The molecule has 1 heterocycles. The Hall–Kier alpha value is -3.10. The zero-order valence-electron chi connectivity index (χ0n) is 19.1. The van der Waals surface area contributed by atoms with E-state index in [1.165, 1.54) is 6.20 Å². The van der Waals surface area contributed by atoms with Crippen LogP contribution in [0.15, 0.2) is 47.4 Å². The van der Waals surface area contributed by atoms with Crippen LogP contribution in [-0.2, 0) is 15.4 Å². The highest BCUT2D eigenvalue weighted by atomic mass is 35.5. The van der Waals surface area contributed by atoms with E-state index in [0.717, 1.165) is 22.9 Å². The molecule has 0 bridgehead atoms. The molecular formula is C24H26ClN3O4S. The smallest absolute Gasteiger partial charge is 0.259 e. The molecule has 1 aromatic heterocycles. The van der Waals surface area contributed by atoms with Gasteiger partial charge in [-0.25, -0.2) is 13.4 Å². The minimum atomic E-state index is -3.34. The summed E-state index contributed by atoms with van der Waals surface area (Å²) in [6.45, 7) is 6.21. The fourth-order valence-electron chi connectivity index (χ4n) is 3.36. The Morgan fingerprint density at radius 3 is 2.33 bits per heavy atom. The number of ether oxygens (including phenoxy) is 1. The van der Waals surface area contributed by atoms with E-state index in [2.05, 4.69) is 35.5 Å². The van der Waals surface area contributed by atoms with Gasteiger partial charge >= 0.3 is 0 Å². The summed E-state index contributed by atoms with van der Waals surface area (Å²) in [5.74, 6) is 0.705. The number of methoxy groups -OCH3 is 1. The summed E-state index contributed by atoms with van der Waals surface area (Å²) in [6.07, 6.45) is 6.35. The Morgan fingerprint density at radius 2 is 1.79 bits per heavy atom. The monoisotopic (exact) mass is 487 g/mol. The second-order valence-corrected chi connectivity index (χ2v) is 10.7. The van der Waals surface area contributed by atoms with Crippen LogP contribution in [0, 0.1) is 0 Å². The van der Waals surface area contributed by atoms with Gasteiger partial charge in [-0.3, -0.25) is 14.5 Å². The molecule has 7 nitrogen and oxygen atoms in total. The van der Waals surface area contributed by atoms with E-state index in [-0.39, 0.29) is 16.3 Å². The van der Waals surface area contributed by atoms with Crippen molar-refractivity contribution in [3.8, 4) is 16.9 Å². The molecule has 174 valence electrons. The van der Waals surface area contributed by atoms with Crippen molar-refractivity contribution in [2.45, 2.75) is 26.2 Å². The van der Waals surface area contributed by atoms with Gasteiger partial charge in [-0.15, -0.1) is 0 Å². The fourth-order valence-corrected chi connectivity index (χ4v) is 4.06. The van der Waals surface area contributed by atoms with Gasteiger partial charge in [0.25, 0.3) is 5.56 Å². The van der Waals surface area contributed by atoms with Crippen LogP contribution in [-0.4, -0.2) is 31.8 Å². The van der Waals surface area contributed by atoms with Crippen LogP contribution in [0.25, 0.3) is 23.3 Å². The third-order valence-corrected chi connectivity index (χ3v) is 5.68. The number of rotatable bonds is 6. The van der Waals surface area contributed by atoms with Crippen LogP contribution in [0.2, 0.25) is 5.28 Å². The standard InChI is InChI=1S/C24H26ClN3O4S/c1-24(2,3)20-13-17(19-14-26-23(25)27-22(19)29)12-16(21(20)32-4)9-6-15-7-10-18(11-8-15)28-33(5,30)31/h6-14,28H,1-5H3,(H,26,27,29). The van der Waals surface area contributed by atoms with Crippen molar-refractivity contribution in [3.05, 3.63) is 74.9 Å². The van der Waals surface area contributed by atoms with Crippen LogP contribution < -0.4 is 15.0 Å². The molecule has 2 N–H and O–H groups in total. The lowest BCUT2D eigenvalue weighted by Gasteiger charge is -2.24. The van der Waals surface area contributed by atoms with Crippen LogP contribution in [0.4, 0.5) is 5.69 Å². The maximum absolute atomic E-state index is 12.5. The predicted octanol–water partition coefficient (Wildman–Crippen LogP) is 4.94. The zero-order chi connectivity index (χ0) is 24.4. The summed E-state index contributed by atoms with van der Waals surface area (Å²) < 4.78 is 31.0. The van der Waals surface area contributed by atoms with Gasteiger partial charge in [0.2, 0.25) is 15.3 Å². The van der Waals surface area contributed by atoms with Gasteiger partial charge in [0.05, 0.1) is 18.9 Å². The predicted molar refractivity (Wildman–Crippen MR) is 134 cm³/mol. The lowest BCUT2D eigenvalue weighted by Crippen LogP contribution is -2.15. The minimum Gasteiger partial charge on any atom is -0.496 e. The molecule has 0 aliphatic rings. The number of halogens is 1. The Morgan fingerprint density at radius 1 is 1.12 bits per heavy atom. The van der Waals surface area contributed by atoms with E-state index >= 15 is 0 Å². The van der Waals surface area contributed by atoms with E-state index in [1.54, 1.807) is 31.4 Å².